The van der Waals surface area contributed by atoms with E-state index >= 15 is 0 Å². The average Bonchev–Trinajstić information content (AvgIpc) is 2.83. The van der Waals surface area contributed by atoms with Gasteiger partial charge in [-0.3, -0.25) is 4.72 Å². The van der Waals surface area contributed by atoms with E-state index in [0.29, 0.717) is 41.8 Å². The third kappa shape index (κ3) is 5.23. The SMILES string of the molecule is CCC(c1cccc(NS(=O)(=O)c2ccc(C#N)cn2)c1)c1c(O)c2c(oc1=O)CCCCCC2. The third-order valence-electron chi connectivity index (χ3n) is 6.33. The highest BCUT2D eigenvalue weighted by molar-refractivity contribution is 7.92. The van der Waals surface area contributed by atoms with Crippen LogP contribution in [0.2, 0.25) is 0 Å². The van der Waals surface area contributed by atoms with E-state index in [1.54, 1.807) is 24.3 Å². The van der Waals surface area contributed by atoms with Crippen molar-refractivity contribution in [3.63, 3.8) is 0 Å². The quantitative estimate of drug-likeness (QED) is 0.512. The fraction of sp³-hybridized carbons (Fsp3) is 0.346. The molecular formula is C26H27N3O5S. The predicted molar refractivity (Wildman–Crippen MR) is 131 cm³/mol. The highest BCUT2D eigenvalue weighted by Gasteiger charge is 2.27. The molecule has 2 aromatic heterocycles. The number of hydrogen-bond acceptors (Lipinski definition) is 7. The summed E-state index contributed by atoms with van der Waals surface area (Å²) < 4.78 is 33.8. The summed E-state index contributed by atoms with van der Waals surface area (Å²) >= 11 is 0. The van der Waals surface area contributed by atoms with Crippen LogP contribution in [0.25, 0.3) is 0 Å². The Bertz CT molecular complexity index is 1420. The lowest BCUT2D eigenvalue weighted by Gasteiger charge is -2.21. The Morgan fingerprint density at radius 1 is 1.17 bits per heavy atom. The first-order valence-corrected chi connectivity index (χ1v) is 13.2. The second-order valence-electron chi connectivity index (χ2n) is 8.66. The van der Waals surface area contributed by atoms with Crippen molar-refractivity contribution < 1.29 is 17.9 Å². The van der Waals surface area contributed by atoms with Crippen LogP contribution in [-0.2, 0) is 22.9 Å². The summed E-state index contributed by atoms with van der Waals surface area (Å²) in [6, 6.07) is 11.3. The zero-order valence-electron chi connectivity index (χ0n) is 19.5. The number of nitrogens with zero attached hydrogens (tertiary/aromatic N) is 2. The Balaban J connectivity index is 1.68. The summed E-state index contributed by atoms with van der Waals surface area (Å²) in [5.74, 6) is 0.0967. The molecule has 1 atom stereocenters. The van der Waals surface area contributed by atoms with Crippen LogP contribution in [0.3, 0.4) is 0 Å². The van der Waals surface area contributed by atoms with Crippen LogP contribution >= 0.6 is 0 Å². The zero-order valence-corrected chi connectivity index (χ0v) is 20.3. The van der Waals surface area contributed by atoms with Crippen molar-refractivity contribution in [3.05, 3.63) is 81.0 Å². The van der Waals surface area contributed by atoms with Gasteiger partial charge in [0, 0.05) is 29.8 Å². The van der Waals surface area contributed by atoms with Crippen LogP contribution in [0.4, 0.5) is 5.69 Å². The van der Waals surface area contributed by atoms with Crippen molar-refractivity contribution in [1.29, 1.82) is 5.26 Å². The highest BCUT2D eigenvalue weighted by Crippen LogP contribution is 2.37. The van der Waals surface area contributed by atoms with E-state index in [9.17, 15) is 18.3 Å². The number of anilines is 1. The first-order chi connectivity index (χ1) is 16.8. The van der Waals surface area contributed by atoms with Gasteiger partial charge in [-0.05, 0) is 55.5 Å². The number of nitrogens with one attached hydrogen (secondary N) is 1. The van der Waals surface area contributed by atoms with Gasteiger partial charge >= 0.3 is 5.63 Å². The van der Waals surface area contributed by atoms with Gasteiger partial charge in [-0.2, -0.15) is 13.7 Å². The van der Waals surface area contributed by atoms with E-state index in [-0.39, 0.29) is 21.9 Å². The fourth-order valence-corrected chi connectivity index (χ4v) is 5.55. The summed E-state index contributed by atoms with van der Waals surface area (Å²) in [6.07, 6.45) is 6.98. The molecule has 1 aliphatic carbocycles. The number of sulfonamides is 1. The topological polar surface area (TPSA) is 133 Å². The van der Waals surface area contributed by atoms with Crippen molar-refractivity contribution in [2.24, 2.45) is 0 Å². The molecule has 182 valence electrons. The van der Waals surface area contributed by atoms with Crippen LogP contribution < -0.4 is 10.3 Å². The molecule has 3 aromatic rings. The molecule has 0 spiro atoms. The van der Waals surface area contributed by atoms with Crippen LogP contribution in [-0.4, -0.2) is 18.5 Å². The molecular weight excluding hydrogens is 466 g/mol. The summed E-state index contributed by atoms with van der Waals surface area (Å²) in [5, 5.41) is 19.8. The number of aromatic nitrogens is 1. The summed E-state index contributed by atoms with van der Waals surface area (Å²) in [6.45, 7) is 1.90. The van der Waals surface area contributed by atoms with Crippen LogP contribution in [0.1, 0.15) is 73.0 Å². The largest absolute Gasteiger partial charge is 0.507 e. The molecule has 0 saturated carbocycles. The molecule has 1 aromatic carbocycles. The molecule has 35 heavy (non-hydrogen) atoms. The summed E-state index contributed by atoms with van der Waals surface area (Å²) in [5.41, 5.74) is 1.59. The maximum Gasteiger partial charge on any atom is 0.343 e. The number of rotatable bonds is 6. The van der Waals surface area contributed by atoms with Gasteiger partial charge in [-0.1, -0.05) is 31.9 Å². The molecule has 0 bridgehead atoms. The van der Waals surface area contributed by atoms with Crippen molar-refractivity contribution >= 4 is 15.7 Å². The van der Waals surface area contributed by atoms with Gasteiger partial charge in [0.15, 0.2) is 5.03 Å². The maximum absolute atomic E-state index is 13.0. The van der Waals surface area contributed by atoms with Gasteiger partial charge in [-0.25, -0.2) is 9.78 Å². The first kappa shape index (κ1) is 24.5. The second kappa shape index (κ2) is 10.3. The molecule has 9 heteroatoms. The summed E-state index contributed by atoms with van der Waals surface area (Å²) in [4.78, 5) is 16.8. The molecule has 1 unspecified atom stereocenters. The van der Waals surface area contributed by atoms with E-state index in [1.807, 2.05) is 13.0 Å². The van der Waals surface area contributed by atoms with Crippen molar-refractivity contribution in [3.8, 4) is 11.8 Å². The zero-order chi connectivity index (χ0) is 25.0. The van der Waals surface area contributed by atoms with E-state index in [0.717, 1.165) is 25.7 Å². The molecule has 4 rings (SSSR count). The number of aryl methyl sites for hydroxylation is 1. The Kier molecular flexibility index (Phi) is 7.22. The minimum atomic E-state index is -3.99. The van der Waals surface area contributed by atoms with Gasteiger partial charge in [0.05, 0.1) is 11.1 Å². The van der Waals surface area contributed by atoms with E-state index in [1.165, 1.54) is 18.3 Å². The van der Waals surface area contributed by atoms with Gasteiger partial charge in [0.25, 0.3) is 10.0 Å². The molecule has 2 N–H and O–H groups in total. The number of pyridine rings is 1. The number of benzene rings is 1. The summed E-state index contributed by atoms with van der Waals surface area (Å²) in [7, 11) is -3.99. The third-order valence-corrected chi connectivity index (χ3v) is 7.63. The van der Waals surface area contributed by atoms with E-state index < -0.39 is 21.6 Å². The van der Waals surface area contributed by atoms with Gasteiger partial charge in [0.2, 0.25) is 0 Å². The lowest BCUT2D eigenvalue weighted by Crippen LogP contribution is -2.18. The molecule has 0 fully saturated rings. The Labute approximate surface area is 204 Å². The molecule has 0 aliphatic heterocycles. The number of nitriles is 1. The molecule has 2 heterocycles. The van der Waals surface area contributed by atoms with Crippen molar-refractivity contribution in [1.82, 2.24) is 4.98 Å². The molecule has 1 aliphatic rings. The van der Waals surface area contributed by atoms with Gasteiger partial charge in [-0.15, -0.1) is 0 Å². The highest BCUT2D eigenvalue weighted by atomic mass is 32.2. The standard InChI is InChI=1S/C26H27N3O5S/c1-2-20(24-25(30)21-10-5-3-4-6-11-22(21)34-26(24)31)18-8-7-9-19(14-18)29-35(32,33)23-13-12-17(15-27)16-28-23/h7-9,12-14,16,20,29-30H,2-6,10-11H2,1H3. The number of aromatic hydroxyl groups is 1. The van der Waals surface area contributed by atoms with Crippen LogP contribution in [0.5, 0.6) is 5.75 Å². The molecule has 0 saturated heterocycles. The lowest BCUT2D eigenvalue weighted by atomic mass is 9.87. The maximum atomic E-state index is 13.0. The first-order valence-electron chi connectivity index (χ1n) is 11.7. The van der Waals surface area contributed by atoms with E-state index in [4.69, 9.17) is 9.68 Å². The number of hydrogen-bond donors (Lipinski definition) is 2. The number of fused-ring (bicyclic) bond motifs is 1. The Hall–Kier alpha value is -3.64. The smallest absolute Gasteiger partial charge is 0.343 e. The Morgan fingerprint density at radius 2 is 1.94 bits per heavy atom. The molecule has 0 amide bonds. The average molecular weight is 494 g/mol. The minimum Gasteiger partial charge on any atom is -0.507 e. The second-order valence-corrected chi connectivity index (χ2v) is 10.3. The van der Waals surface area contributed by atoms with Crippen molar-refractivity contribution in [2.75, 3.05) is 4.72 Å². The molecule has 0 radical (unpaired) electrons. The van der Waals surface area contributed by atoms with Crippen LogP contribution in [0.15, 0.2) is 56.8 Å². The predicted octanol–water partition coefficient (Wildman–Crippen LogP) is 4.61. The molecule has 8 nitrogen and oxygen atoms in total. The minimum absolute atomic E-state index is 0.00207. The van der Waals surface area contributed by atoms with Gasteiger partial charge < -0.3 is 9.52 Å². The van der Waals surface area contributed by atoms with Crippen molar-refractivity contribution in [2.45, 2.75) is 62.8 Å². The Morgan fingerprint density at radius 3 is 2.63 bits per heavy atom. The fourth-order valence-electron chi connectivity index (χ4n) is 4.57. The van der Waals surface area contributed by atoms with E-state index in [2.05, 4.69) is 9.71 Å². The van der Waals surface area contributed by atoms with Crippen LogP contribution in [0, 0.1) is 11.3 Å². The normalized spacial score (nSPS) is 14.7. The monoisotopic (exact) mass is 493 g/mol. The van der Waals surface area contributed by atoms with Gasteiger partial charge in [0.1, 0.15) is 17.6 Å². The lowest BCUT2D eigenvalue weighted by molar-refractivity contribution is 0.384.